The molecule has 0 radical (unpaired) electrons. The molecule has 1 saturated heterocycles. The average Bonchev–Trinajstić information content (AvgIpc) is 3.26. The topological polar surface area (TPSA) is 80.1 Å². The molecule has 0 bridgehead atoms. The van der Waals surface area contributed by atoms with Crippen LogP contribution >= 0.6 is 11.8 Å². The first-order valence-corrected chi connectivity index (χ1v) is 10.4. The fraction of sp³-hybridized carbons (Fsp3) is 0.500. The van der Waals surface area contributed by atoms with Crippen LogP contribution in [0.25, 0.3) is 11.4 Å². The second-order valence-corrected chi connectivity index (χ2v) is 9.17. The van der Waals surface area contributed by atoms with Crippen molar-refractivity contribution in [2.24, 2.45) is 0 Å². The van der Waals surface area contributed by atoms with Crippen molar-refractivity contribution in [1.29, 1.82) is 0 Å². The number of imide groups is 1. The van der Waals surface area contributed by atoms with Gasteiger partial charge >= 0.3 is 6.03 Å². The van der Waals surface area contributed by atoms with Crippen molar-refractivity contribution in [3.05, 3.63) is 29.8 Å². The van der Waals surface area contributed by atoms with Gasteiger partial charge in [-0.2, -0.15) is 0 Å². The third-order valence-corrected chi connectivity index (χ3v) is 5.86. The Hall–Kier alpha value is -2.35. The van der Waals surface area contributed by atoms with E-state index in [9.17, 15) is 9.59 Å². The highest BCUT2D eigenvalue weighted by molar-refractivity contribution is 8.00. The second kappa shape index (κ2) is 7.95. The molecule has 0 spiro atoms. The zero-order valence-electron chi connectivity index (χ0n) is 17.0. The summed E-state index contributed by atoms with van der Waals surface area (Å²) in [5, 5.41) is 11.6. The van der Waals surface area contributed by atoms with Gasteiger partial charge in [-0.3, -0.25) is 9.69 Å². The molecule has 1 aromatic heterocycles. The summed E-state index contributed by atoms with van der Waals surface area (Å²) in [5.74, 6) is 0.575. The predicted molar refractivity (Wildman–Crippen MR) is 110 cm³/mol. The summed E-state index contributed by atoms with van der Waals surface area (Å²) in [5.41, 5.74) is 2.35. The Morgan fingerprint density at radius 3 is 2.46 bits per heavy atom. The molecule has 2 aromatic rings. The lowest BCUT2D eigenvalue weighted by atomic mass is 9.87. The maximum atomic E-state index is 12.6. The van der Waals surface area contributed by atoms with Crippen molar-refractivity contribution in [3.63, 3.8) is 0 Å². The molecule has 3 rings (SSSR count). The van der Waals surface area contributed by atoms with Crippen molar-refractivity contribution >= 4 is 23.7 Å². The molecule has 3 amide bonds. The first-order valence-electron chi connectivity index (χ1n) is 9.52. The van der Waals surface area contributed by atoms with Crippen LogP contribution in [0.1, 0.15) is 40.2 Å². The number of nitrogens with zero attached hydrogens (tertiary/aromatic N) is 4. The number of rotatable bonds is 5. The summed E-state index contributed by atoms with van der Waals surface area (Å²) >= 11 is 1.33. The van der Waals surface area contributed by atoms with Gasteiger partial charge in [0, 0.05) is 25.2 Å². The van der Waals surface area contributed by atoms with Crippen LogP contribution < -0.4 is 5.32 Å². The minimum Gasteiger partial charge on any atom is -0.336 e. The highest BCUT2D eigenvalue weighted by atomic mass is 32.2. The van der Waals surface area contributed by atoms with Crippen LogP contribution in [0, 0.1) is 0 Å². The number of carbonyl (C=O) groups excluding carboxylic acids is 2. The summed E-state index contributed by atoms with van der Waals surface area (Å²) in [4.78, 5) is 25.5. The van der Waals surface area contributed by atoms with E-state index in [0.29, 0.717) is 24.8 Å². The summed E-state index contributed by atoms with van der Waals surface area (Å²) in [6.07, 6.45) is 0. The first kappa shape index (κ1) is 20.4. The quantitative estimate of drug-likeness (QED) is 0.778. The maximum absolute atomic E-state index is 12.6. The summed E-state index contributed by atoms with van der Waals surface area (Å²) in [6, 6.07) is 8.04. The molecule has 2 heterocycles. The smallest absolute Gasteiger partial charge is 0.324 e. The normalized spacial score (nSPS) is 15.6. The maximum Gasteiger partial charge on any atom is 0.324 e. The lowest BCUT2D eigenvalue weighted by Gasteiger charge is -2.19. The number of aromatic nitrogens is 3. The van der Waals surface area contributed by atoms with Crippen LogP contribution in [0.3, 0.4) is 0 Å². The Bertz CT molecular complexity index is 870. The minimum absolute atomic E-state index is 0.0929. The average molecular weight is 402 g/mol. The SMILES string of the molecule is CCn1c(SC(C)C(=O)N2CCNC2=O)nnc1-c1ccc(C(C)(C)C)cc1. The Morgan fingerprint density at radius 2 is 1.93 bits per heavy atom. The number of urea groups is 1. The van der Waals surface area contributed by atoms with Crippen LogP contribution in [-0.2, 0) is 16.8 Å². The third kappa shape index (κ3) is 4.06. The van der Waals surface area contributed by atoms with Crippen LogP contribution in [0.2, 0.25) is 0 Å². The van der Waals surface area contributed by atoms with E-state index in [4.69, 9.17) is 0 Å². The fourth-order valence-corrected chi connectivity index (χ4v) is 4.08. The van der Waals surface area contributed by atoms with Gasteiger partial charge < -0.3 is 9.88 Å². The predicted octanol–water partition coefficient (Wildman–Crippen LogP) is 3.29. The highest BCUT2D eigenvalue weighted by Gasteiger charge is 2.31. The van der Waals surface area contributed by atoms with E-state index in [2.05, 4.69) is 60.6 Å². The monoisotopic (exact) mass is 401 g/mol. The van der Waals surface area contributed by atoms with Crippen LogP contribution in [0.5, 0.6) is 0 Å². The molecule has 1 aliphatic heterocycles. The second-order valence-electron chi connectivity index (χ2n) is 7.86. The van der Waals surface area contributed by atoms with Crippen molar-refractivity contribution in [2.45, 2.75) is 57.0 Å². The van der Waals surface area contributed by atoms with Gasteiger partial charge in [-0.1, -0.05) is 56.8 Å². The van der Waals surface area contributed by atoms with Crippen molar-refractivity contribution in [3.8, 4) is 11.4 Å². The van der Waals surface area contributed by atoms with Crippen molar-refractivity contribution in [2.75, 3.05) is 13.1 Å². The molecule has 28 heavy (non-hydrogen) atoms. The molecule has 1 N–H and O–H groups in total. The van der Waals surface area contributed by atoms with E-state index in [1.165, 1.54) is 22.2 Å². The number of nitrogens with one attached hydrogen (secondary N) is 1. The van der Waals surface area contributed by atoms with E-state index in [0.717, 1.165) is 11.4 Å². The Kier molecular flexibility index (Phi) is 5.79. The Labute approximate surface area is 169 Å². The van der Waals surface area contributed by atoms with Crippen LogP contribution in [0.4, 0.5) is 4.79 Å². The van der Waals surface area contributed by atoms with Gasteiger partial charge in [-0.25, -0.2) is 4.79 Å². The van der Waals surface area contributed by atoms with Gasteiger partial charge in [-0.05, 0) is 24.8 Å². The molecule has 1 atom stereocenters. The molecule has 1 aliphatic rings. The molecular formula is C20H27N5O2S. The summed E-state index contributed by atoms with van der Waals surface area (Å²) < 4.78 is 2.00. The van der Waals surface area contributed by atoms with Gasteiger partial charge in [-0.15, -0.1) is 10.2 Å². The lowest BCUT2D eigenvalue weighted by Crippen LogP contribution is -2.39. The van der Waals surface area contributed by atoms with Gasteiger partial charge in [0.05, 0.1) is 5.25 Å². The minimum atomic E-state index is -0.422. The van der Waals surface area contributed by atoms with Gasteiger partial charge in [0.15, 0.2) is 11.0 Å². The third-order valence-electron chi connectivity index (χ3n) is 4.79. The van der Waals surface area contributed by atoms with E-state index in [-0.39, 0.29) is 17.4 Å². The number of benzene rings is 1. The zero-order chi connectivity index (χ0) is 20.5. The zero-order valence-corrected chi connectivity index (χ0v) is 17.8. The van der Waals surface area contributed by atoms with E-state index in [1.807, 2.05) is 11.5 Å². The van der Waals surface area contributed by atoms with Gasteiger partial charge in [0.25, 0.3) is 0 Å². The molecule has 1 fully saturated rings. The van der Waals surface area contributed by atoms with Crippen molar-refractivity contribution in [1.82, 2.24) is 25.0 Å². The number of carbonyl (C=O) groups is 2. The standard InChI is InChI=1S/C20H27N5O2S/c1-6-24-16(14-7-9-15(10-8-14)20(3,4)5)22-23-19(24)28-13(2)17(26)25-12-11-21-18(25)27/h7-10,13H,6,11-12H2,1-5H3,(H,21,27). The van der Waals surface area contributed by atoms with E-state index < -0.39 is 5.25 Å². The Morgan fingerprint density at radius 1 is 1.25 bits per heavy atom. The number of thioether (sulfide) groups is 1. The lowest BCUT2D eigenvalue weighted by molar-refractivity contribution is -0.126. The fourth-order valence-electron chi connectivity index (χ4n) is 3.10. The molecule has 7 nitrogen and oxygen atoms in total. The molecule has 150 valence electrons. The molecular weight excluding hydrogens is 374 g/mol. The number of hydrogen-bond donors (Lipinski definition) is 1. The van der Waals surface area contributed by atoms with Crippen molar-refractivity contribution < 1.29 is 9.59 Å². The van der Waals surface area contributed by atoms with Crippen LogP contribution in [0.15, 0.2) is 29.4 Å². The van der Waals surface area contributed by atoms with Gasteiger partial charge in [0.1, 0.15) is 0 Å². The molecule has 0 saturated carbocycles. The number of hydrogen-bond acceptors (Lipinski definition) is 5. The summed E-state index contributed by atoms with van der Waals surface area (Å²) in [7, 11) is 0. The molecule has 1 unspecified atom stereocenters. The number of amides is 3. The van der Waals surface area contributed by atoms with Gasteiger partial charge in [0.2, 0.25) is 5.91 Å². The first-order chi connectivity index (χ1) is 13.2. The molecule has 1 aromatic carbocycles. The van der Waals surface area contributed by atoms with Crippen LogP contribution in [-0.4, -0.2) is 49.9 Å². The summed E-state index contributed by atoms with van der Waals surface area (Å²) in [6.45, 7) is 12.0. The van der Waals surface area contributed by atoms with E-state index in [1.54, 1.807) is 6.92 Å². The Balaban J connectivity index is 1.80. The molecule has 0 aliphatic carbocycles. The largest absolute Gasteiger partial charge is 0.336 e. The molecule has 8 heteroatoms. The van der Waals surface area contributed by atoms with E-state index >= 15 is 0 Å². The highest BCUT2D eigenvalue weighted by Crippen LogP contribution is 2.29.